The van der Waals surface area contributed by atoms with Crippen LogP contribution in [0, 0.1) is 0 Å². The Morgan fingerprint density at radius 1 is 0.613 bits per heavy atom. The van der Waals surface area contributed by atoms with Crippen molar-refractivity contribution in [1.82, 2.24) is 0 Å². The molecule has 0 aromatic rings. The number of hydrogen-bond donors (Lipinski definition) is 1. The third kappa shape index (κ3) is 11.4. The van der Waals surface area contributed by atoms with Gasteiger partial charge < -0.3 is 33.5 Å². The molecule has 7 nitrogen and oxygen atoms in total. The highest BCUT2D eigenvalue weighted by molar-refractivity contribution is 4.95. The maximum absolute atomic E-state index is 8.63. The number of fused-ring (bicyclic) bond motifs is 1. The number of unbranched alkanes of at least 4 members (excludes halogenated alkanes) is 9. The van der Waals surface area contributed by atoms with Crippen molar-refractivity contribution < 1.29 is 33.5 Å². The van der Waals surface area contributed by atoms with Gasteiger partial charge in [-0.3, -0.25) is 0 Å². The molecule has 7 heteroatoms. The standard InChI is InChI=1S/C24H46O7/c1-2-3-4-5-6-7-8-9-10-11-13-28-21-19-30-24-22(20-31-23(21)24)29-18-17-27-16-15-26-14-12-25/h21-25H,2-20H2,1H3/t21-,22+,23-,24-/m1/s1. The Labute approximate surface area is 189 Å². The van der Waals surface area contributed by atoms with Crippen LogP contribution in [-0.2, 0) is 28.4 Å². The zero-order valence-electron chi connectivity index (χ0n) is 19.6. The zero-order chi connectivity index (χ0) is 22.0. The Hall–Kier alpha value is -0.280. The lowest BCUT2D eigenvalue weighted by atomic mass is 10.1. The second-order valence-corrected chi connectivity index (χ2v) is 8.54. The normalized spacial score (nSPS) is 25.4. The first-order valence-corrected chi connectivity index (χ1v) is 12.6. The lowest BCUT2D eigenvalue weighted by molar-refractivity contribution is -0.0636. The van der Waals surface area contributed by atoms with E-state index in [-0.39, 0.29) is 31.0 Å². The van der Waals surface area contributed by atoms with Gasteiger partial charge in [0.15, 0.2) is 0 Å². The van der Waals surface area contributed by atoms with Gasteiger partial charge in [0.25, 0.3) is 0 Å². The molecule has 0 aliphatic carbocycles. The van der Waals surface area contributed by atoms with Gasteiger partial charge in [0.2, 0.25) is 0 Å². The molecule has 0 amide bonds. The summed E-state index contributed by atoms with van der Waals surface area (Å²) < 4.78 is 34.4. The third-order valence-electron chi connectivity index (χ3n) is 5.96. The van der Waals surface area contributed by atoms with Crippen LogP contribution in [0.3, 0.4) is 0 Å². The topological polar surface area (TPSA) is 75.6 Å². The summed E-state index contributed by atoms with van der Waals surface area (Å²) in [6.07, 6.45) is 13.2. The van der Waals surface area contributed by atoms with Gasteiger partial charge in [0, 0.05) is 6.61 Å². The Bertz CT molecular complexity index is 409. The highest BCUT2D eigenvalue weighted by atomic mass is 16.6. The fourth-order valence-corrected chi connectivity index (χ4v) is 4.18. The quantitative estimate of drug-likeness (QED) is 0.270. The van der Waals surface area contributed by atoms with Crippen LogP contribution in [0.25, 0.3) is 0 Å². The number of hydrogen-bond acceptors (Lipinski definition) is 7. The van der Waals surface area contributed by atoms with Crippen LogP contribution in [0.1, 0.15) is 71.1 Å². The lowest BCUT2D eigenvalue weighted by Crippen LogP contribution is -2.34. The van der Waals surface area contributed by atoms with Gasteiger partial charge in [0.1, 0.15) is 24.4 Å². The molecule has 2 fully saturated rings. The average Bonchev–Trinajstić information content (AvgIpc) is 3.37. The molecule has 0 spiro atoms. The molecule has 2 aliphatic heterocycles. The molecule has 0 aromatic carbocycles. The van der Waals surface area contributed by atoms with Gasteiger partial charge in [0.05, 0.1) is 52.9 Å². The van der Waals surface area contributed by atoms with Crippen molar-refractivity contribution in [2.24, 2.45) is 0 Å². The smallest absolute Gasteiger partial charge is 0.115 e. The van der Waals surface area contributed by atoms with E-state index in [4.69, 9.17) is 33.5 Å². The monoisotopic (exact) mass is 446 g/mol. The molecular weight excluding hydrogens is 400 g/mol. The Morgan fingerprint density at radius 2 is 1.10 bits per heavy atom. The van der Waals surface area contributed by atoms with Crippen molar-refractivity contribution in [3.05, 3.63) is 0 Å². The summed E-state index contributed by atoms with van der Waals surface area (Å²) in [7, 11) is 0. The molecule has 2 rings (SSSR count). The van der Waals surface area contributed by atoms with Gasteiger partial charge in [-0.15, -0.1) is 0 Å². The van der Waals surface area contributed by atoms with E-state index in [1.54, 1.807) is 0 Å². The first kappa shape index (κ1) is 27.0. The number of ether oxygens (including phenoxy) is 6. The van der Waals surface area contributed by atoms with Crippen molar-refractivity contribution in [3.63, 3.8) is 0 Å². The minimum atomic E-state index is -0.0508. The first-order valence-electron chi connectivity index (χ1n) is 12.6. The number of aliphatic hydroxyl groups excluding tert-OH is 1. The van der Waals surface area contributed by atoms with E-state index in [9.17, 15) is 0 Å². The summed E-state index contributed by atoms with van der Waals surface area (Å²) in [6.45, 7) is 6.58. The van der Waals surface area contributed by atoms with Crippen molar-refractivity contribution in [3.8, 4) is 0 Å². The molecule has 0 saturated carbocycles. The molecule has 0 unspecified atom stereocenters. The van der Waals surface area contributed by atoms with Gasteiger partial charge in [-0.05, 0) is 6.42 Å². The number of aliphatic hydroxyl groups is 1. The van der Waals surface area contributed by atoms with Crippen molar-refractivity contribution in [2.75, 3.05) is 59.5 Å². The third-order valence-corrected chi connectivity index (χ3v) is 5.96. The van der Waals surface area contributed by atoms with Crippen LogP contribution in [-0.4, -0.2) is 89.0 Å². The van der Waals surface area contributed by atoms with Crippen LogP contribution >= 0.6 is 0 Å². The predicted octanol–water partition coefficient (Wildman–Crippen LogP) is 3.50. The second-order valence-electron chi connectivity index (χ2n) is 8.54. The zero-order valence-corrected chi connectivity index (χ0v) is 19.6. The Balaban J connectivity index is 1.41. The summed E-state index contributed by atoms with van der Waals surface area (Å²) >= 11 is 0. The summed E-state index contributed by atoms with van der Waals surface area (Å²) in [5, 5.41) is 8.63. The molecule has 2 saturated heterocycles. The molecular formula is C24H46O7. The largest absolute Gasteiger partial charge is 0.394 e. The molecule has 2 aliphatic rings. The van der Waals surface area contributed by atoms with Crippen molar-refractivity contribution in [2.45, 2.75) is 95.5 Å². The first-order chi connectivity index (χ1) is 15.4. The molecule has 0 radical (unpaired) electrons. The maximum Gasteiger partial charge on any atom is 0.115 e. The maximum atomic E-state index is 8.63. The lowest BCUT2D eigenvalue weighted by Gasteiger charge is -2.17. The van der Waals surface area contributed by atoms with Crippen LogP contribution < -0.4 is 0 Å². The fourth-order valence-electron chi connectivity index (χ4n) is 4.18. The molecule has 4 atom stereocenters. The molecule has 1 N–H and O–H groups in total. The van der Waals surface area contributed by atoms with Crippen LogP contribution in [0.15, 0.2) is 0 Å². The van der Waals surface area contributed by atoms with E-state index in [2.05, 4.69) is 6.92 Å². The van der Waals surface area contributed by atoms with E-state index < -0.39 is 0 Å². The summed E-state index contributed by atoms with van der Waals surface area (Å²) in [5.74, 6) is 0. The van der Waals surface area contributed by atoms with E-state index in [0.717, 1.165) is 13.0 Å². The van der Waals surface area contributed by atoms with Crippen LogP contribution in [0.4, 0.5) is 0 Å². The Kier molecular flexibility index (Phi) is 15.8. The Morgan fingerprint density at radius 3 is 1.68 bits per heavy atom. The average molecular weight is 447 g/mol. The summed E-state index contributed by atoms with van der Waals surface area (Å²) in [4.78, 5) is 0. The van der Waals surface area contributed by atoms with Crippen molar-refractivity contribution in [1.29, 1.82) is 0 Å². The summed E-state index contributed by atoms with van der Waals surface area (Å²) in [6, 6.07) is 0. The van der Waals surface area contributed by atoms with Gasteiger partial charge >= 0.3 is 0 Å². The SMILES string of the molecule is CCCCCCCCCCCCO[C@@H]1CO[C@H]2[C@@H]1OC[C@@H]2OCCOCCOCCO. The minimum absolute atomic E-state index is 0.0130. The highest BCUT2D eigenvalue weighted by Crippen LogP contribution is 2.30. The van der Waals surface area contributed by atoms with Crippen LogP contribution in [0.2, 0.25) is 0 Å². The number of rotatable bonds is 21. The predicted molar refractivity (Wildman–Crippen MR) is 120 cm³/mol. The van der Waals surface area contributed by atoms with Crippen molar-refractivity contribution >= 4 is 0 Å². The highest BCUT2D eigenvalue weighted by Gasteiger charge is 2.48. The van der Waals surface area contributed by atoms with Gasteiger partial charge in [-0.2, -0.15) is 0 Å². The molecule has 2 heterocycles. The molecule has 184 valence electrons. The molecule has 31 heavy (non-hydrogen) atoms. The van der Waals surface area contributed by atoms with E-state index in [0.29, 0.717) is 46.2 Å². The van der Waals surface area contributed by atoms with Gasteiger partial charge in [-0.25, -0.2) is 0 Å². The fraction of sp³-hybridized carbons (Fsp3) is 1.00. The molecule has 0 bridgehead atoms. The molecule has 0 aromatic heterocycles. The van der Waals surface area contributed by atoms with E-state index in [1.165, 1.54) is 57.8 Å². The van der Waals surface area contributed by atoms with Gasteiger partial charge in [-0.1, -0.05) is 64.7 Å². The van der Waals surface area contributed by atoms with E-state index >= 15 is 0 Å². The minimum Gasteiger partial charge on any atom is -0.394 e. The summed E-state index contributed by atoms with van der Waals surface area (Å²) in [5.41, 5.74) is 0. The van der Waals surface area contributed by atoms with E-state index in [1.807, 2.05) is 0 Å². The second kappa shape index (κ2) is 18.2. The van der Waals surface area contributed by atoms with Crippen LogP contribution in [0.5, 0.6) is 0 Å².